The number of thioether (sulfide) groups is 1. The molecule has 2 aromatic carbocycles. The van der Waals surface area contributed by atoms with Crippen molar-refractivity contribution in [2.24, 2.45) is 0 Å². The Morgan fingerprint density at radius 3 is 2.88 bits per heavy atom. The fourth-order valence-corrected chi connectivity index (χ4v) is 4.93. The van der Waals surface area contributed by atoms with Crippen LogP contribution in [0.15, 0.2) is 58.5 Å². The lowest BCUT2D eigenvalue weighted by molar-refractivity contribution is -0.129. The molecule has 0 saturated carbocycles. The molecule has 1 fully saturated rings. The zero-order chi connectivity index (χ0) is 22.7. The average Bonchev–Trinajstić information content (AvgIpc) is 3.29. The molecule has 0 bridgehead atoms. The minimum Gasteiger partial charge on any atom is -0.376 e. The van der Waals surface area contributed by atoms with Gasteiger partial charge in [0, 0.05) is 20.2 Å². The molecule has 0 N–H and O–H groups in total. The zero-order valence-corrected chi connectivity index (χ0v) is 19.0. The summed E-state index contributed by atoms with van der Waals surface area (Å²) in [4.78, 5) is 32.5. The summed E-state index contributed by atoms with van der Waals surface area (Å²) in [6.45, 7) is 3.21. The van der Waals surface area contributed by atoms with E-state index in [4.69, 9.17) is 9.72 Å². The third-order valence-corrected chi connectivity index (χ3v) is 6.63. The average molecular weight is 456 g/mol. The first-order valence-electron chi connectivity index (χ1n) is 10.7. The Balaban J connectivity index is 1.57. The summed E-state index contributed by atoms with van der Waals surface area (Å²) in [5, 5.41) is 0.582. The summed E-state index contributed by atoms with van der Waals surface area (Å²) in [6, 6.07) is 13.5. The van der Waals surface area contributed by atoms with E-state index in [2.05, 4.69) is 0 Å². The zero-order valence-electron chi connectivity index (χ0n) is 18.2. The van der Waals surface area contributed by atoms with Crippen molar-refractivity contribution in [2.45, 2.75) is 49.4 Å². The second-order valence-corrected chi connectivity index (χ2v) is 9.35. The van der Waals surface area contributed by atoms with Crippen LogP contribution in [0.4, 0.5) is 4.39 Å². The molecule has 2 heterocycles. The van der Waals surface area contributed by atoms with Gasteiger partial charge in [-0.15, -0.1) is 0 Å². The first-order valence-corrected chi connectivity index (χ1v) is 11.6. The smallest absolute Gasteiger partial charge is 0.262 e. The highest BCUT2D eigenvalue weighted by atomic mass is 32.2. The summed E-state index contributed by atoms with van der Waals surface area (Å²) in [7, 11) is 1.69. The van der Waals surface area contributed by atoms with Gasteiger partial charge in [0.2, 0.25) is 5.91 Å². The third-order valence-electron chi connectivity index (χ3n) is 5.55. The molecule has 1 aromatic heterocycles. The SMILES string of the molecule is CC(Sc1nc2ccccc2c(=O)n1CC1CCCO1)C(=O)N(C)Cc1cccc(F)c1. The maximum absolute atomic E-state index is 13.5. The second kappa shape index (κ2) is 9.83. The number of carbonyl (C=O) groups excluding carboxylic acids is 1. The monoisotopic (exact) mass is 455 g/mol. The van der Waals surface area contributed by atoms with Gasteiger partial charge in [-0.1, -0.05) is 36.0 Å². The summed E-state index contributed by atoms with van der Waals surface area (Å²) in [5.74, 6) is -0.449. The van der Waals surface area contributed by atoms with E-state index < -0.39 is 5.25 Å². The Kier molecular flexibility index (Phi) is 6.91. The lowest BCUT2D eigenvalue weighted by atomic mass is 10.2. The number of para-hydroxylation sites is 1. The molecule has 168 valence electrons. The molecule has 1 saturated heterocycles. The molecule has 1 aliphatic heterocycles. The Labute approximate surface area is 190 Å². The minimum atomic E-state index is -0.475. The number of ether oxygens (including phenoxy) is 1. The molecule has 3 aromatic rings. The maximum atomic E-state index is 13.5. The largest absolute Gasteiger partial charge is 0.376 e. The highest BCUT2D eigenvalue weighted by molar-refractivity contribution is 8.00. The van der Waals surface area contributed by atoms with Crippen molar-refractivity contribution in [1.29, 1.82) is 0 Å². The van der Waals surface area contributed by atoms with Crippen LogP contribution >= 0.6 is 11.8 Å². The van der Waals surface area contributed by atoms with Crippen LogP contribution in [0.2, 0.25) is 0 Å². The highest BCUT2D eigenvalue weighted by Gasteiger charge is 2.24. The molecular formula is C24H26FN3O3S. The van der Waals surface area contributed by atoms with Crippen molar-refractivity contribution in [3.8, 4) is 0 Å². The van der Waals surface area contributed by atoms with Crippen LogP contribution in [0.1, 0.15) is 25.3 Å². The molecular weight excluding hydrogens is 429 g/mol. The van der Waals surface area contributed by atoms with E-state index in [1.54, 1.807) is 47.7 Å². The molecule has 0 spiro atoms. The number of rotatable bonds is 7. The topological polar surface area (TPSA) is 64.4 Å². The molecule has 0 aliphatic carbocycles. The molecule has 6 nitrogen and oxygen atoms in total. The van der Waals surface area contributed by atoms with Gasteiger partial charge >= 0.3 is 0 Å². The van der Waals surface area contributed by atoms with Crippen molar-refractivity contribution in [2.75, 3.05) is 13.7 Å². The third kappa shape index (κ3) is 5.02. The quantitative estimate of drug-likeness (QED) is 0.400. The normalized spacial score (nSPS) is 16.9. The van der Waals surface area contributed by atoms with Gasteiger partial charge in [-0.3, -0.25) is 14.2 Å². The number of amides is 1. The number of hydrogen-bond acceptors (Lipinski definition) is 5. The molecule has 32 heavy (non-hydrogen) atoms. The van der Waals surface area contributed by atoms with Crippen LogP contribution in [0.3, 0.4) is 0 Å². The summed E-state index contributed by atoms with van der Waals surface area (Å²) in [6.07, 6.45) is 1.84. The van der Waals surface area contributed by atoms with E-state index >= 15 is 0 Å². The van der Waals surface area contributed by atoms with E-state index in [1.807, 2.05) is 12.1 Å². The molecule has 4 rings (SSSR count). The van der Waals surface area contributed by atoms with Gasteiger partial charge < -0.3 is 9.64 Å². The Morgan fingerprint density at radius 2 is 2.12 bits per heavy atom. The first kappa shape index (κ1) is 22.5. The fraction of sp³-hybridized carbons (Fsp3) is 0.375. The van der Waals surface area contributed by atoms with Crippen LogP contribution in [-0.2, 0) is 22.6 Å². The molecule has 2 atom stereocenters. The summed E-state index contributed by atoms with van der Waals surface area (Å²) < 4.78 is 20.9. The van der Waals surface area contributed by atoms with Gasteiger partial charge in [0.05, 0.1) is 28.8 Å². The number of benzene rings is 2. The predicted octanol–water partition coefficient (Wildman–Crippen LogP) is 3.85. The minimum absolute atomic E-state index is 0.0309. The standard InChI is InChI=1S/C24H26FN3O3S/c1-16(22(29)27(2)14-17-7-5-8-18(25)13-17)32-24-26-21-11-4-3-10-20(21)23(30)28(24)15-19-9-6-12-31-19/h3-5,7-8,10-11,13,16,19H,6,9,12,14-15H2,1-2H3. The predicted molar refractivity (Wildman–Crippen MR) is 123 cm³/mol. The van der Waals surface area contributed by atoms with Crippen LogP contribution < -0.4 is 5.56 Å². The number of nitrogens with zero attached hydrogens (tertiary/aromatic N) is 3. The second-order valence-electron chi connectivity index (χ2n) is 8.05. The fourth-order valence-electron chi connectivity index (χ4n) is 3.90. The molecule has 1 amide bonds. The van der Waals surface area contributed by atoms with Crippen molar-refractivity contribution in [3.63, 3.8) is 0 Å². The first-order chi connectivity index (χ1) is 15.4. The van der Waals surface area contributed by atoms with E-state index in [9.17, 15) is 14.0 Å². The van der Waals surface area contributed by atoms with Crippen LogP contribution in [0.25, 0.3) is 10.9 Å². The number of fused-ring (bicyclic) bond motifs is 1. The summed E-state index contributed by atoms with van der Waals surface area (Å²) >= 11 is 1.26. The summed E-state index contributed by atoms with van der Waals surface area (Å²) in [5.41, 5.74) is 1.20. The van der Waals surface area contributed by atoms with Crippen LogP contribution in [-0.4, -0.2) is 45.4 Å². The van der Waals surface area contributed by atoms with Crippen molar-refractivity contribution < 1.29 is 13.9 Å². The van der Waals surface area contributed by atoms with Crippen molar-refractivity contribution in [3.05, 3.63) is 70.3 Å². The number of aromatic nitrogens is 2. The van der Waals surface area contributed by atoms with Gasteiger partial charge in [-0.05, 0) is 49.6 Å². The van der Waals surface area contributed by atoms with Crippen LogP contribution in [0.5, 0.6) is 0 Å². The number of carbonyl (C=O) groups is 1. The van der Waals surface area contributed by atoms with E-state index in [0.717, 1.165) is 18.4 Å². The lowest BCUT2D eigenvalue weighted by Gasteiger charge is -2.22. The Hall–Kier alpha value is -2.71. The van der Waals surface area contributed by atoms with E-state index in [-0.39, 0.29) is 23.4 Å². The van der Waals surface area contributed by atoms with Gasteiger partial charge in [-0.2, -0.15) is 0 Å². The van der Waals surface area contributed by atoms with Gasteiger partial charge in [-0.25, -0.2) is 9.37 Å². The Bertz CT molecular complexity index is 1180. The number of halogens is 1. The van der Waals surface area contributed by atoms with Crippen LogP contribution in [0, 0.1) is 5.82 Å². The molecule has 0 radical (unpaired) electrons. The van der Waals surface area contributed by atoms with Gasteiger partial charge in [0.25, 0.3) is 5.56 Å². The highest BCUT2D eigenvalue weighted by Crippen LogP contribution is 2.25. The maximum Gasteiger partial charge on any atom is 0.262 e. The molecule has 1 aliphatic rings. The molecule has 2 unspecified atom stereocenters. The Morgan fingerprint density at radius 1 is 1.31 bits per heavy atom. The van der Waals surface area contributed by atoms with Gasteiger partial charge in [0.1, 0.15) is 5.82 Å². The molecule has 8 heteroatoms. The van der Waals surface area contributed by atoms with Gasteiger partial charge in [0.15, 0.2) is 5.16 Å². The van der Waals surface area contributed by atoms with E-state index in [1.165, 1.54) is 23.9 Å². The number of hydrogen-bond donors (Lipinski definition) is 0. The van der Waals surface area contributed by atoms with Crippen molar-refractivity contribution >= 4 is 28.6 Å². The lowest BCUT2D eigenvalue weighted by Crippen LogP contribution is -2.34. The van der Waals surface area contributed by atoms with E-state index in [0.29, 0.717) is 35.8 Å². The van der Waals surface area contributed by atoms with Crippen molar-refractivity contribution in [1.82, 2.24) is 14.5 Å².